The van der Waals surface area contributed by atoms with E-state index in [-0.39, 0.29) is 11.9 Å². The molecule has 2 aromatic carbocycles. The van der Waals surface area contributed by atoms with Crippen LogP contribution in [0, 0.1) is 0 Å². The molecule has 0 saturated heterocycles. The van der Waals surface area contributed by atoms with Gasteiger partial charge in [0, 0.05) is 26.2 Å². The average molecular weight is 333 g/mol. The number of carbonyl (C=O) groups is 1. The van der Waals surface area contributed by atoms with E-state index in [1.54, 1.807) is 0 Å². The molecule has 2 heterocycles. The maximum atomic E-state index is 12.9. The third-order valence-corrected chi connectivity index (χ3v) is 4.95. The van der Waals surface area contributed by atoms with Crippen molar-refractivity contribution in [1.29, 1.82) is 0 Å². The minimum atomic E-state index is 0.108. The molecule has 2 aliphatic rings. The Labute approximate surface area is 148 Å². The van der Waals surface area contributed by atoms with Crippen molar-refractivity contribution in [1.82, 2.24) is 15.5 Å². The van der Waals surface area contributed by atoms with Gasteiger partial charge in [-0.05, 0) is 23.1 Å². The Balaban J connectivity index is 1.52. The van der Waals surface area contributed by atoms with E-state index in [2.05, 4.69) is 47.0 Å². The fourth-order valence-corrected chi connectivity index (χ4v) is 3.66. The van der Waals surface area contributed by atoms with E-state index >= 15 is 0 Å². The van der Waals surface area contributed by atoms with Gasteiger partial charge in [-0.2, -0.15) is 0 Å². The Morgan fingerprint density at radius 1 is 0.960 bits per heavy atom. The quantitative estimate of drug-likeness (QED) is 0.902. The van der Waals surface area contributed by atoms with Crippen LogP contribution >= 0.6 is 0 Å². The van der Waals surface area contributed by atoms with Gasteiger partial charge in [0.1, 0.15) is 5.70 Å². The van der Waals surface area contributed by atoms with Crippen molar-refractivity contribution in [3.05, 3.63) is 83.1 Å². The molecule has 1 atom stereocenters. The summed E-state index contributed by atoms with van der Waals surface area (Å²) in [5.41, 5.74) is 4.45. The summed E-state index contributed by atoms with van der Waals surface area (Å²) in [5.74, 6) is 0.135. The number of amides is 1. The Bertz CT molecular complexity index is 770. The monoisotopic (exact) mass is 333 g/mol. The summed E-state index contributed by atoms with van der Waals surface area (Å²) in [4.78, 5) is 14.8. The van der Waals surface area contributed by atoms with Gasteiger partial charge in [0.2, 0.25) is 0 Å². The summed E-state index contributed by atoms with van der Waals surface area (Å²) in [6, 6.07) is 20.9. The lowest BCUT2D eigenvalue weighted by molar-refractivity contribution is -0.125. The molecular formula is C21H23N3O. The van der Waals surface area contributed by atoms with E-state index in [4.69, 9.17) is 0 Å². The van der Waals surface area contributed by atoms with Crippen LogP contribution in [0.2, 0.25) is 0 Å². The van der Waals surface area contributed by atoms with Crippen LogP contribution in [-0.4, -0.2) is 37.0 Å². The molecule has 4 nitrogen and oxygen atoms in total. The number of rotatable bonds is 4. The highest BCUT2D eigenvalue weighted by molar-refractivity contribution is 5.97. The van der Waals surface area contributed by atoms with E-state index in [0.29, 0.717) is 6.54 Å². The molecule has 4 rings (SSSR count). The first kappa shape index (κ1) is 15.9. The summed E-state index contributed by atoms with van der Waals surface area (Å²) >= 11 is 0. The first-order valence-electron chi connectivity index (χ1n) is 8.91. The van der Waals surface area contributed by atoms with Crippen LogP contribution < -0.4 is 10.6 Å². The van der Waals surface area contributed by atoms with Crippen LogP contribution in [0.3, 0.4) is 0 Å². The molecule has 1 unspecified atom stereocenters. The van der Waals surface area contributed by atoms with Crippen molar-refractivity contribution in [3.8, 4) is 0 Å². The number of nitrogens with zero attached hydrogens (tertiary/aromatic N) is 1. The van der Waals surface area contributed by atoms with Crippen molar-refractivity contribution >= 4 is 5.91 Å². The zero-order valence-electron chi connectivity index (χ0n) is 14.2. The average Bonchev–Trinajstić information content (AvgIpc) is 2.84. The zero-order chi connectivity index (χ0) is 17.1. The summed E-state index contributed by atoms with van der Waals surface area (Å²) in [6.07, 6.45) is 0.885. The molecule has 0 saturated carbocycles. The highest BCUT2D eigenvalue weighted by Gasteiger charge is 2.35. The maximum Gasteiger partial charge on any atom is 0.270 e. The van der Waals surface area contributed by atoms with Gasteiger partial charge in [0.15, 0.2) is 0 Å². The SMILES string of the molecule is O=C1C2=C(CN1CCc1ccccc1)C(c1ccccc1)NCCN2. The van der Waals surface area contributed by atoms with E-state index in [9.17, 15) is 4.79 Å². The molecule has 1 amide bonds. The second-order valence-electron chi connectivity index (χ2n) is 6.59. The topological polar surface area (TPSA) is 44.4 Å². The standard InChI is InChI=1S/C21H23N3O/c25-21-20-18(15-24(21)14-11-16-7-3-1-4-8-16)19(22-12-13-23-20)17-9-5-2-6-10-17/h1-10,19,22-23H,11-15H2. The van der Waals surface area contributed by atoms with Crippen molar-refractivity contribution in [2.45, 2.75) is 12.5 Å². The Hall–Kier alpha value is -2.59. The molecule has 0 fully saturated rings. The Morgan fingerprint density at radius 2 is 1.68 bits per heavy atom. The smallest absolute Gasteiger partial charge is 0.270 e. The Morgan fingerprint density at radius 3 is 2.44 bits per heavy atom. The number of nitrogens with one attached hydrogen (secondary N) is 2. The summed E-state index contributed by atoms with van der Waals surface area (Å²) in [7, 11) is 0. The minimum Gasteiger partial charge on any atom is -0.379 e. The van der Waals surface area contributed by atoms with Crippen molar-refractivity contribution in [3.63, 3.8) is 0 Å². The van der Waals surface area contributed by atoms with Gasteiger partial charge >= 0.3 is 0 Å². The molecule has 0 aromatic heterocycles. The predicted octanol–water partition coefficient (Wildman–Crippen LogP) is 2.26. The molecule has 2 aliphatic heterocycles. The third kappa shape index (κ3) is 3.30. The second-order valence-corrected chi connectivity index (χ2v) is 6.59. The molecule has 2 aromatic rings. The van der Waals surface area contributed by atoms with Crippen LogP contribution in [0.25, 0.3) is 0 Å². The van der Waals surface area contributed by atoms with Gasteiger partial charge in [0.25, 0.3) is 5.91 Å². The molecule has 0 aliphatic carbocycles. The largest absolute Gasteiger partial charge is 0.379 e. The summed E-state index contributed by atoms with van der Waals surface area (Å²) in [5, 5.41) is 6.93. The van der Waals surface area contributed by atoms with Gasteiger partial charge in [-0.15, -0.1) is 0 Å². The maximum absolute atomic E-state index is 12.9. The summed E-state index contributed by atoms with van der Waals surface area (Å²) < 4.78 is 0. The number of carbonyl (C=O) groups excluding carboxylic acids is 1. The first-order chi connectivity index (χ1) is 12.3. The van der Waals surface area contributed by atoms with Crippen molar-refractivity contribution < 1.29 is 4.79 Å². The molecule has 0 bridgehead atoms. The Kier molecular flexibility index (Phi) is 4.53. The first-order valence-corrected chi connectivity index (χ1v) is 8.91. The highest BCUT2D eigenvalue weighted by atomic mass is 16.2. The molecule has 0 radical (unpaired) electrons. The van der Waals surface area contributed by atoms with Crippen LogP contribution in [0.1, 0.15) is 17.2 Å². The van der Waals surface area contributed by atoms with Crippen molar-refractivity contribution in [2.24, 2.45) is 0 Å². The lowest BCUT2D eigenvalue weighted by Crippen LogP contribution is -2.35. The molecule has 25 heavy (non-hydrogen) atoms. The van der Waals surface area contributed by atoms with Gasteiger partial charge < -0.3 is 15.5 Å². The van der Waals surface area contributed by atoms with Crippen LogP contribution in [0.5, 0.6) is 0 Å². The van der Waals surface area contributed by atoms with Crippen molar-refractivity contribution in [2.75, 3.05) is 26.2 Å². The number of hydrogen-bond acceptors (Lipinski definition) is 3. The highest BCUT2D eigenvalue weighted by Crippen LogP contribution is 2.30. The fourth-order valence-electron chi connectivity index (χ4n) is 3.66. The predicted molar refractivity (Wildman–Crippen MR) is 98.9 cm³/mol. The minimum absolute atomic E-state index is 0.108. The molecule has 0 spiro atoms. The van der Waals surface area contributed by atoms with Gasteiger partial charge in [-0.1, -0.05) is 60.7 Å². The van der Waals surface area contributed by atoms with E-state index in [0.717, 1.165) is 31.8 Å². The fraction of sp³-hybridized carbons (Fsp3) is 0.286. The molecule has 128 valence electrons. The van der Waals surface area contributed by atoms with Crippen LogP contribution in [0.4, 0.5) is 0 Å². The van der Waals surface area contributed by atoms with Crippen LogP contribution in [0.15, 0.2) is 71.9 Å². The van der Waals surface area contributed by atoms with Crippen LogP contribution in [-0.2, 0) is 11.2 Å². The lowest BCUT2D eigenvalue weighted by atomic mass is 9.98. The summed E-state index contributed by atoms with van der Waals surface area (Å²) in [6.45, 7) is 3.07. The van der Waals surface area contributed by atoms with E-state index < -0.39 is 0 Å². The van der Waals surface area contributed by atoms with E-state index in [1.807, 2.05) is 29.2 Å². The zero-order valence-corrected chi connectivity index (χ0v) is 14.2. The molecular weight excluding hydrogens is 310 g/mol. The van der Waals surface area contributed by atoms with Gasteiger partial charge in [-0.3, -0.25) is 4.79 Å². The van der Waals surface area contributed by atoms with Gasteiger partial charge in [0.05, 0.1) is 6.04 Å². The number of hydrogen-bond donors (Lipinski definition) is 2. The molecule has 4 heteroatoms. The van der Waals surface area contributed by atoms with Gasteiger partial charge in [-0.25, -0.2) is 0 Å². The number of benzene rings is 2. The normalized spacial score (nSPS) is 20.2. The lowest BCUT2D eigenvalue weighted by Gasteiger charge is -2.22. The van der Waals surface area contributed by atoms with E-state index in [1.165, 1.54) is 16.7 Å². The molecule has 2 N–H and O–H groups in total. The third-order valence-electron chi connectivity index (χ3n) is 4.95. The second kappa shape index (κ2) is 7.11.